The Morgan fingerprint density at radius 1 is 1.11 bits per heavy atom. The van der Waals surface area contributed by atoms with E-state index < -0.39 is 5.97 Å². The number of ether oxygens (including phenoxy) is 2. The zero-order chi connectivity index (χ0) is 19.2. The second kappa shape index (κ2) is 8.79. The fraction of sp³-hybridized carbons (Fsp3) is 0.150. The third-order valence-corrected chi connectivity index (χ3v) is 4.80. The van der Waals surface area contributed by atoms with Gasteiger partial charge in [-0.3, -0.25) is 4.79 Å². The van der Waals surface area contributed by atoms with E-state index in [0.717, 1.165) is 10.7 Å². The Hall–Kier alpha value is -2.70. The molecule has 0 atom stereocenters. The van der Waals surface area contributed by atoms with Crippen LogP contribution in [0.15, 0.2) is 53.9 Å². The van der Waals surface area contributed by atoms with Crippen LogP contribution in [-0.2, 0) is 11.3 Å². The number of carbonyl (C=O) groups excluding carboxylic acids is 2. The van der Waals surface area contributed by atoms with Crippen molar-refractivity contribution in [2.75, 3.05) is 6.61 Å². The quantitative estimate of drug-likeness (QED) is 0.423. The zero-order valence-corrected chi connectivity index (χ0v) is 16.0. The van der Waals surface area contributed by atoms with E-state index in [1.165, 1.54) is 0 Å². The van der Waals surface area contributed by atoms with Gasteiger partial charge in [-0.1, -0.05) is 23.7 Å². The summed E-state index contributed by atoms with van der Waals surface area (Å²) in [5, 5.41) is 3.25. The summed E-state index contributed by atoms with van der Waals surface area (Å²) in [4.78, 5) is 28.5. The lowest BCUT2D eigenvalue weighted by molar-refractivity contribution is 0.0474. The predicted molar refractivity (Wildman–Crippen MR) is 104 cm³/mol. The van der Waals surface area contributed by atoms with Crippen molar-refractivity contribution in [3.05, 3.63) is 80.8 Å². The molecule has 138 valence electrons. The molecule has 7 heteroatoms. The molecule has 0 unspecified atom stereocenters. The van der Waals surface area contributed by atoms with Gasteiger partial charge in [-0.2, -0.15) is 0 Å². The van der Waals surface area contributed by atoms with Gasteiger partial charge < -0.3 is 9.47 Å². The first kappa shape index (κ1) is 19.1. The summed E-state index contributed by atoms with van der Waals surface area (Å²) in [6.45, 7) is 1.93. The van der Waals surface area contributed by atoms with Gasteiger partial charge in [0.2, 0.25) is 5.78 Å². The van der Waals surface area contributed by atoms with Gasteiger partial charge >= 0.3 is 5.97 Å². The molecule has 0 N–H and O–H groups in total. The molecule has 1 heterocycles. The van der Waals surface area contributed by atoms with E-state index in [4.69, 9.17) is 21.1 Å². The summed E-state index contributed by atoms with van der Waals surface area (Å²) in [7, 11) is 0. The van der Waals surface area contributed by atoms with E-state index in [-0.39, 0.29) is 12.4 Å². The molecule has 27 heavy (non-hydrogen) atoms. The minimum atomic E-state index is -0.586. The first-order valence-electron chi connectivity index (χ1n) is 8.11. The Labute approximate surface area is 165 Å². The number of benzene rings is 2. The molecule has 1 aromatic heterocycles. The average molecular weight is 402 g/mol. The maximum absolute atomic E-state index is 12.1. The predicted octanol–water partition coefficient (Wildman–Crippen LogP) is 4.72. The van der Waals surface area contributed by atoms with E-state index in [1.807, 2.05) is 12.3 Å². The van der Waals surface area contributed by atoms with Crippen molar-refractivity contribution in [2.45, 2.75) is 13.5 Å². The Morgan fingerprint density at radius 3 is 2.52 bits per heavy atom. The number of ketones is 1. The van der Waals surface area contributed by atoms with E-state index in [2.05, 4.69) is 4.98 Å². The number of hydrogen-bond acceptors (Lipinski definition) is 6. The first-order valence-corrected chi connectivity index (χ1v) is 9.37. The summed E-state index contributed by atoms with van der Waals surface area (Å²) >= 11 is 7.53. The highest BCUT2D eigenvalue weighted by molar-refractivity contribution is 7.09. The van der Waals surface area contributed by atoms with Crippen molar-refractivity contribution in [3.63, 3.8) is 0 Å². The number of nitrogens with zero attached hydrogens (tertiary/aromatic N) is 1. The van der Waals surface area contributed by atoms with Crippen LogP contribution in [0.3, 0.4) is 0 Å². The molecular weight excluding hydrogens is 386 g/mol. The van der Waals surface area contributed by atoms with Gasteiger partial charge in [0.05, 0.1) is 21.3 Å². The number of rotatable bonds is 7. The number of hydrogen-bond donors (Lipinski definition) is 0. The van der Waals surface area contributed by atoms with Crippen LogP contribution in [-0.4, -0.2) is 23.3 Å². The largest absolute Gasteiger partial charge is 0.487 e. The number of halogens is 1. The number of aromatic nitrogens is 1. The highest BCUT2D eigenvalue weighted by atomic mass is 35.5. The van der Waals surface area contributed by atoms with Gasteiger partial charge in [0.1, 0.15) is 12.4 Å². The van der Waals surface area contributed by atoms with Gasteiger partial charge in [0.15, 0.2) is 6.61 Å². The maximum atomic E-state index is 12.1. The van der Waals surface area contributed by atoms with Gasteiger partial charge in [0, 0.05) is 10.9 Å². The van der Waals surface area contributed by atoms with E-state index in [0.29, 0.717) is 28.5 Å². The molecule has 5 nitrogen and oxygen atoms in total. The number of esters is 1. The fourth-order valence-electron chi connectivity index (χ4n) is 2.30. The molecule has 3 rings (SSSR count). The highest BCUT2D eigenvalue weighted by Gasteiger charge is 2.14. The third kappa shape index (κ3) is 5.15. The Balaban J connectivity index is 1.52. The van der Waals surface area contributed by atoms with Crippen LogP contribution in [0.1, 0.15) is 31.4 Å². The summed E-state index contributed by atoms with van der Waals surface area (Å²) in [5.74, 6) is -0.325. The second-order valence-electron chi connectivity index (χ2n) is 5.65. The third-order valence-electron chi connectivity index (χ3n) is 3.65. The van der Waals surface area contributed by atoms with Crippen molar-refractivity contribution in [1.82, 2.24) is 4.98 Å². The summed E-state index contributed by atoms with van der Waals surface area (Å²) < 4.78 is 10.7. The van der Waals surface area contributed by atoms with Crippen LogP contribution < -0.4 is 4.74 Å². The Bertz CT molecular complexity index is 953. The molecule has 0 bridgehead atoms. The van der Waals surface area contributed by atoms with Crippen LogP contribution in [0.5, 0.6) is 5.75 Å². The topological polar surface area (TPSA) is 65.5 Å². The smallest absolute Gasteiger partial charge is 0.338 e. The number of thiazole rings is 1. The van der Waals surface area contributed by atoms with Crippen molar-refractivity contribution in [1.29, 1.82) is 0 Å². The van der Waals surface area contributed by atoms with Gasteiger partial charge in [-0.05, 0) is 43.3 Å². The summed E-state index contributed by atoms with van der Waals surface area (Å²) in [5.41, 5.74) is 1.52. The van der Waals surface area contributed by atoms with Gasteiger partial charge in [-0.15, -0.1) is 11.3 Å². The standard InChI is InChI=1S/C20H16ClNO4S/c1-13-22-15(12-27-13)10-25-16-8-6-14(7-9-16)20(24)26-11-19(23)17-4-2-3-5-18(17)21/h2-9,12H,10-11H2,1H3. The number of Topliss-reactive ketones (excluding diaryl/α,β-unsaturated/α-hetero) is 1. The molecule has 0 aliphatic carbocycles. The lowest BCUT2D eigenvalue weighted by atomic mass is 10.1. The molecule has 0 radical (unpaired) electrons. The number of aryl methyl sites for hydroxylation is 1. The van der Waals surface area contributed by atoms with Crippen LogP contribution in [0.25, 0.3) is 0 Å². The average Bonchev–Trinajstić information content (AvgIpc) is 3.10. The molecule has 0 saturated carbocycles. The minimum absolute atomic E-state index is 0.327. The molecule has 2 aromatic carbocycles. The van der Waals surface area contributed by atoms with Crippen molar-refractivity contribution in [3.8, 4) is 5.75 Å². The molecular formula is C20H16ClNO4S. The summed E-state index contributed by atoms with van der Waals surface area (Å²) in [6, 6.07) is 13.2. The van der Waals surface area contributed by atoms with Crippen molar-refractivity contribution < 1.29 is 19.1 Å². The highest BCUT2D eigenvalue weighted by Crippen LogP contribution is 2.17. The molecule has 0 saturated heterocycles. The van der Waals surface area contributed by atoms with Crippen molar-refractivity contribution >= 4 is 34.7 Å². The molecule has 0 spiro atoms. The Kier molecular flexibility index (Phi) is 6.21. The zero-order valence-electron chi connectivity index (χ0n) is 14.5. The lowest BCUT2D eigenvalue weighted by Gasteiger charge is -2.07. The molecule has 0 amide bonds. The normalized spacial score (nSPS) is 10.4. The first-order chi connectivity index (χ1) is 13.0. The van der Waals surface area contributed by atoms with E-state index in [1.54, 1.807) is 59.9 Å². The van der Waals surface area contributed by atoms with E-state index >= 15 is 0 Å². The summed E-state index contributed by atoms with van der Waals surface area (Å²) in [6.07, 6.45) is 0. The molecule has 3 aromatic rings. The van der Waals surface area contributed by atoms with Crippen LogP contribution in [0.2, 0.25) is 5.02 Å². The molecule has 0 fully saturated rings. The lowest BCUT2D eigenvalue weighted by Crippen LogP contribution is -2.14. The molecule has 0 aliphatic rings. The van der Waals surface area contributed by atoms with Gasteiger partial charge in [-0.25, -0.2) is 9.78 Å². The number of carbonyl (C=O) groups is 2. The Morgan fingerprint density at radius 2 is 1.85 bits per heavy atom. The second-order valence-corrected chi connectivity index (χ2v) is 7.12. The fourth-order valence-corrected chi connectivity index (χ4v) is 3.14. The van der Waals surface area contributed by atoms with E-state index in [9.17, 15) is 9.59 Å². The van der Waals surface area contributed by atoms with Crippen molar-refractivity contribution in [2.24, 2.45) is 0 Å². The monoisotopic (exact) mass is 401 g/mol. The SMILES string of the molecule is Cc1nc(COc2ccc(C(=O)OCC(=O)c3ccccc3Cl)cc2)cs1. The van der Waals surface area contributed by atoms with Crippen LogP contribution in [0, 0.1) is 6.92 Å². The minimum Gasteiger partial charge on any atom is -0.487 e. The maximum Gasteiger partial charge on any atom is 0.338 e. The van der Waals surface area contributed by atoms with Crippen LogP contribution in [0.4, 0.5) is 0 Å². The van der Waals surface area contributed by atoms with Gasteiger partial charge in [0.25, 0.3) is 0 Å². The van der Waals surface area contributed by atoms with Crippen LogP contribution >= 0.6 is 22.9 Å². The molecule has 0 aliphatic heterocycles.